The Morgan fingerprint density at radius 1 is 0.667 bits per heavy atom. The highest BCUT2D eigenvalue weighted by molar-refractivity contribution is 6.07. The molecule has 0 saturated heterocycles. The van der Waals surface area contributed by atoms with Crippen LogP contribution in [0.5, 0.6) is 0 Å². The number of hydrogen-bond acceptors (Lipinski definition) is 2. The summed E-state index contributed by atoms with van der Waals surface area (Å²) in [6, 6.07) is 17.0. The van der Waals surface area contributed by atoms with Crippen molar-refractivity contribution < 1.29 is 0 Å². The highest BCUT2D eigenvalue weighted by Crippen LogP contribution is 2.26. The maximum absolute atomic E-state index is 2.24. The molecule has 0 saturated carbocycles. The molecule has 3 nitrogen and oxygen atoms in total. The van der Waals surface area contributed by atoms with Gasteiger partial charge < -0.3 is 14.4 Å². The van der Waals surface area contributed by atoms with Crippen molar-refractivity contribution in [1.29, 1.82) is 0 Å². The van der Waals surface area contributed by atoms with Gasteiger partial charge in [0.05, 0.1) is 0 Å². The zero-order chi connectivity index (χ0) is 18.1. The summed E-state index contributed by atoms with van der Waals surface area (Å²) in [4.78, 5) is 4.25. The third kappa shape index (κ3) is 5.66. The molecule has 3 rings (SSSR count). The molecule has 0 unspecified atom stereocenters. The van der Waals surface area contributed by atoms with E-state index >= 15 is 0 Å². The predicted octanol–water partition coefficient (Wildman–Crippen LogP) is 4.47. The summed E-state index contributed by atoms with van der Waals surface area (Å²) in [7, 11) is 10.3. The lowest BCUT2D eigenvalue weighted by atomic mass is 10.2. The monoisotopic (exact) mass is 327 g/mol. The van der Waals surface area contributed by atoms with Crippen molar-refractivity contribution in [1.82, 2.24) is 14.4 Å². The van der Waals surface area contributed by atoms with Crippen LogP contribution >= 0.6 is 0 Å². The van der Waals surface area contributed by atoms with Crippen LogP contribution in [0, 0.1) is 0 Å². The van der Waals surface area contributed by atoms with Crippen LogP contribution in [0.1, 0.15) is 13.8 Å². The van der Waals surface area contributed by atoms with Gasteiger partial charge in [0.25, 0.3) is 0 Å². The van der Waals surface area contributed by atoms with Gasteiger partial charge in [0.1, 0.15) is 0 Å². The molecule has 1 heterocycles. The molecule has 0 aliphatic rings. The second-order valence-corrected chi connectivity index (χ2v) is 6.39. The fourth-order valence-corrected chi connectivity index (χ4v) is 2.12. The van der Waals surface area contributed by atoms with E-state index in [0.29, 0.717) is 0 Å². The number of nitrogens with zero attached hydrogens (tertiary/aromatic N) is 3. The van der Waals surface area contributed by atoms with Gasteiger partial charge in [0.15, 0.2) is 0 Å². The fraction of sp³-hybridized carbons (Fsp3) is 0.429. The molecular weight excluding hydrogens is 294 g/mol. The first-order valence-electron chi connectivity index (χ1n) is 8.63. The van der Waals surface area contributed by atoms with E-state index in [-0.39, 0.29) is 0 Å². The molecule has 0 N–H and O–H groups in total. The summed E-state index contributed by atoms with van der Waals surface area (Å²) in [5.74, 6) is 0. The molecular formula is C21H33N3. The van der Waals surface area contributed by atoms with Crippen molar-refractivity contribution >= 4 is 21.8 Å². The van der Waals surface area contributed by atoms with Gasteiger partial charge in [-0.3, -0.25) is 0 Å². The van der Waals surface area contributed by atoms with Gasteiger partial charge in [-0.05, 0) is 53.4 Å². The summed E-state index contributed by atoms with van der Waals surface area (Å²) < 4.78 is 2.24. The van der Waals surface area contributed by atoms with Crippen molar-refractivity contribution in [3.05, 3.63) is 48.5 Å². The van der Waals surface area contributed by atoms with Crippen LogP contribution in [0.25, 0.3) is 21.8 Å². The van der Waals surface area contributed by atoms with E-state index in [0.717, 1.165) is 13.1 Å². The molecule has 0 bridgehead atoms. The minimum Gasteiger partial charge on any atom is -0.344 e. The molecule has 0 atom stereocenters. The molecule has 2 aromatic carbocycles. The van der Waals surface area contributed by atoms with Gasteiger partial charge in [0.2, 0.25) is 0 Å². The zero-order valence-corrected chi connectivity index (χ0v) is 16.4. The second kappa shape index (κ2) is 10.1. The van der Waals surface area contributed by atoms with Crippen molar-refractivity contribution in [2.75, 3.05) is 41.3 Å². The fourth-order valence-electron chi connectivity index (χ4n) is 2.12. The standard InChI is InChI=1S/C13H11N.2C4H11N/c1-14-12-8-4-2-6-10(12)11-7-3-5-9-13(11)14;2*1-4-5(2)3/h2-9H,1H3;2*4H2,1-3H3. The van der Waals surface area contributed by atoms with Gasteiger partial charge in [-0.2, -0.15) is 0 Å². The molecule has 0 radical (unpaired) electrons. The Morgan fingerprint density at radius 2 is 0.958 bits per heavy atom. The number of fused-ring (bicyclic) bond motifs is 3. The molecule has 0 aliphatic heterocycles. The lowest BCUT2D eigenvalue weighted by Gasteiger charge is -2.00. The topological polar surface area (TPSA) is 11.4 Å². The molecule has 1 aromatic heterocycles. The average molecular weight is 328 g/mol. The van der Waals surface area contributed by atoms with Crippen molar-refractivity contribution in [2.45, 2.75) is 13.8 Å². The van der Waals surface area contributed by atoms with Gasteiger partial charge >= 0.3 is 0 Å². The number of aromatic nitrogens is 1. The molecule has 3 heteroatoms. The summed E-state index contributed by atoms with van der Waals surface area (Å²) >= 11 is 0. The Labute approximate surface area is 147 Å². The Bertz CT molecular complexity index is 665. The van der Waals surface area contributed by atoms with E-state index in [4.69, 9.17) is 0 Å². The van der Waals surface area contributed by atoms with E-state index < -0.39 is 0 Å². The van der Waals surface area contributed by atoms with Crippen LogP contribution in [0.2, 0.25) is 0 Å². The maximum atomic E-state index is 2.24. The van der Waals surface area contributed by atoms with Crippen LogP contribution in [0.15, 0.2) is 48.5 Å². The lowest BCUT2D eigenvalue weighted by molar-refractivity contribution is 0.434. The highest BCUT2D eigenvalue weighted by Gasteiger charge is 2.04. The molecule has 0 fully saturated rings. The van der Waals surface area contributed by atoms with Crippen LogP contribution in [0.3, 0.4) is 0 Å². The van der Waals surface area contributed by atoms with Crippen LogP contribution in [0.4, 0.5) is 0 Å². The first kappa shape index (κ1) is 20.2. The first-order valence-corrected chi connectivity index (χ1v) is 8.63. The normalized spacial score (nSPS) is 10.5. The van der Waals surface area contributed by atoms with Crippen LogP contribution in [-0.2, 0) is 7.05 Å². The summed E-state index contributed by atoms with van der Waals surface area (Å²) in [6.45, 7) is 6.53. The Kier molecular flexibility index (Phi) is 8.51. The number of para-hydroxylation sites is 2. The minimum absolute atomic E-state index is 1.14. The maximum Gasteiger partial charge on any atom is 0.0488 e. The third-order valence-corrected chi connectivity index (χ3v) is 4.09. The number of aryl methyl sites for hydroxylation is 1. The molecule has 3 aromatic rings. The van der Waals surface area contributed by atoms with E-state index in [9.17, 15) is 0 Å². The SMILES string of the molecule is CCN(C)C.CCN(C)C.Cn1c2ccccc2c2ccccc21. The first-order chi connectivity index (χ1) is 11.4. The van der Waals surface area contributed by atoms with Gasteiger partial charge in [0, 0.05) is 28.9 Å². The van der Waals surface area contributed by atoms with Gasteiger partial charge in [-0.15, -0.1) is 0 Å². The molecule has 0 amide bonds. The zero-order valence-electron chi connectivity index (χ0n) is 16.4. The molecule has 24 heavy (non-hydrogen) atoms. The summed E-state index contributed by atoms with van der Waals surface area (Å²) in [5.41, 5.74) is 2.60. The molecule has 0 spiro atoms. The molecule has 0 aliphatic carbocycles. The third-order valence-electron chi connectivity index (χ3n) is 4.09. The Morgan fingerprint density at radius 3 is 1.25 bits per heavy atom. The van der Waals surface area contributed by atoms with Gasteiger partial charge in [-0.25, -0.2) is 0 Å². The quantitative estimate of drug-likeness (QED) is 0.688. The lowest BCUT2D eigenvalue weighted by Crippen LogP contribution is -2.08. The Hall–Kier alpha value is -1.84. The largest absolute Gasteiger partial charge is 0.344 e. The highest BCUT2D eigenvalue weighted by atomic mass is 15.0. The second-order valence-electron chi connectivity index (χ2n) is 6.39. The summed E-state index contributed by atoms with van der Waals surface area (Å²) in [6.07, 6.45) is 0. The van der Waals surface area contributed by atoms with E-state index in [1.54, 1.807) is 0 Å². The number of benzene rings is 2. The average Bonchev–Trinajstić information content (AvgIpc) is 2.89. The smallest absolute Gasteiger partial charge is 0.0488 e. The minimum atomic E-state index is 1.14. The van der Waals surface area contributed by atoms with Crippen molar-refractivity contribution in [3.8, 4) is 0 Å². The summed E-state index contributed by atoms with van der Waals surface area (Å²) in [5, 5.41) is 2.68. The van der Waals surface area contributed by atoms with E-state index in [1.807, 2.05) is 0 Å². The van der Waals surface area contributed by atoms with Crippen molar-refractivity contribution in [3.63, 3.8) is 0 Å². The van der Waals surface area contributed by atoms with Gasteiger partial charge in [-0.1, -0.05) is 50.2 Å². The van der Waals surface area contributed by atoms with Crippen LogP contribution < -0.4 is 0 Å². The number of rotatable bonds is 2. The number of hydrogen-bond donors (Lipinski definition) is 0. The Balaban J connectivity index is 0.000000243. The van der Waals surface area contributed by atoms with E-state index in [1.165, 1.54) is 21.8 Å². The molecule has 132 valence electrons. The van der Waals surface area contributed by atoms with Crippen LogP contribution in [-0.4, -0.2) is 55.6 Å². The van der Waals surface area contributed by atoms with Crippen molar-refractivity contribution in [2.24, 2.45) is 7.05 Å². The van der Waals surface area contributed by atoms with E-state index in [2.05, 4.69) is 112 Å². The predicted molar refractivity (Wildman–Crippen MR) is 109 cm³/mol.